The first-order valence-corrected chi connectivity index (χ1v) is 10.7. The van der Waals surface area contributed by atoms with Gasteiger partial charge in [-0.3, -0.25) is 9.59 Å². The molecule has 178 valence electrons. The number of nitrogens with one attached hydrogen (secondary N) is 1. The zero-order valence-corrected chi connectivity index (χ0v) is 18.5. The Balaban J connectivity index is 1.53. The predicted molar refractivity (Wildman–Crippen MR) is 122 cm³/mol. The van der Waals surface area contributed by atoms with Crippen molar-refractivity contribution in [3.05, 3.63) is 105 Å². The van der Waals surface area contributed by atoms with Gasteiger partial charge >= 0.3 is 0 Å². The Kier molecular flexibility index (Phi) is 5.78. The Hall–Kier alpha value is -4.11. The molecule has 0 aliphatic carbocycles. The lowest BCUT2D eigenvalue weighted by atomic mass is 9.95. The molecule has 1 N–H and O–H groups in total. The highest BCUT2D eigenvalue weighted by atomic mass is 19.2. The van der Waals surface area contributed by atoms with Gasteiger partial charge in [0.1, 0.15) is 17.3 Å². The summed E-state index contributed by atoms with van der Waals surface area (Å²) < 4.78 is 53.6. The molecule has 3 aromatic carbocycles. The van der Waals surface area contributed by atoms with Crippen LogP contribution < -0.4 is 10.3 Å². The fourth-order valence-electron chi connectivity index (χ4n) is 4.26. The largest absolute Gasteiger partial charge is 0.457 e. The fraction of sp³-hybridized carbons (Fsp3) is 0.154. The van der Waals surface area contributed by atoms with Crippen molar-refractivity contribution in [1.29, 1.82) is 0 Å². The highest BCUT2D eigenvalue weighted by Gasteiger charge is 2.31. The first-order chi connectivity index (χ1) is 16.8. The highest BCUT2D eigenvalue weighted by Crippen LogP contribution is 2.34. The van der Waals surface area contributed by atoms with E-state index < -0.39 is 35.0 Å². The molecule has 0 radical (unpaired) electrons. The van der Waals surface area contributed by atoms with Crippen molar-refractivity contribution in [1.82, 2.24) is 9.88 Å². The van der Waals surface area contributed by atoms with Gasteiger partial charge < -0.3 is 19.4 Å². The minimum Gasteiger partial charge on any atom is -0.457 e. The third-order valence-electron chi connectivity index (χ3n) is 5.93. The van der Waals surface area contributed by atoms with Crippen LogP contribution in [0.25, 0.3) is 10.8 Å². The van der Waals surface area contributed by atoms with Gasteiger partial charge in [0.15, 0.2) is 11.6 Å². The van der Waals surface area contributed by atoms with Gasteiger partial charge in [-0.2, -0.15) is 0 Å². The van der Waals surface area contributed by atoms with Crippen molar-refractivity contribution < 1.29 is 27.4 Å². The summed E-state index contributed by atoms with van der Waals surface area (Å²) in [6, 6.07) is 13.4. The number of carbonyl (C=O) groups is 1. The number of amides is 1. The lowest BCUT2D eigenvalue weighted by Gasteiger charge is -2.34. The van der Waals surface area contributed by atoms with E-state index in [0.29, 0.717) is 17.0 Å². The number of aromatic nitrogens is 1. The number of hydrogen-bond acceptors (Lipinski definition) is 4. The van der Waals surface area contributed by atoms with E-state index in [1.165, 1.54) is 24.1 Å². The van der Waals surface area contributed by atoms with Crippen molar-refractivity contribution >= 4 is 16.7 Å². The predicted octanol–water partition coefficient (Wildman–Crippen LogP) is 5.08. The second-order valence-electron chi connectivity index (χ2n) is 8.20. The lowest BCUT2D eigenvalue weighted by molar-refractivity contribution is 0.0335. The number of hydrogen-bond donors (Lipinski definition) is 1. The van der Waals surface area contributed by atoms with E-state index in [1.807, 2.05) is 6.07 Å². The first-order valence-electron chi connectivity index (χ1n) is 10.7. The molecular formula is C26H19F3N2O4. The number of ether oxygens (including phenoxy) is 2. The minimum atomic E-state index is -1.15. The quantitative estimate of drug-likeness (QED) is 0.442. The summed E-state index contributed by atoms with van der Waals surface area (Å²) in [5, 5.41) is 0.141. The minimum absolute atomic E-state index is 0.0245. The molecule has 6 nitrogen and oxygen atoms in total. The summed E-state index contributed by atoms with van der Waals surface area (Å²) >= 11 is 0. The number of para-hydroxylation sites is 1. The van der Waals surface area contributed by atoms with E-state index in [2.05, 4.69) is 4.98 Å². The Morgan fingerprint density at radius 3 is 2.46 bits per heavy atom. The van der Waals surface area contributed by atoms with Gasteiger partial charge in [-0.1, -0.05) is 18.2 Å². The van der Waals surface area contributed by atoms with Crippen molar-refractivity contribution in [2.45, 2.75) is 12.6 Å². The second kappa shape index (κ2) is 8.92. The molecule has 35 heavy (non-hydrogen) atoms. The molecule has 1 aliphatic heterocycles. The molecule has 0 saturated heterocycles. The highest BCUT2D eigenvalue weighted by molar-refractivity contribution is 5.95. The third-order valence-corrected chi connectivity index (χ3v) is 5.93. The van der Waals surface area contributed by atoms with Crippen molar-refractivity contribution in [2.24, 2.45) is 0 Å². The van der Waals surface area contributed by atoms with E-state index in [1.54, 1.807) is 24.3 Å². The van der Waals surface area contributed by atoms with Crippen LogP contribution in [0.4, 0.5) is 13.2 Å². The van der Waals surface area contributed by atoms with Crippen LogP contribution >= 0.6 is 0 Å². The molecule has 0 bridgehead atoms. The van der Waals surface area contributed by atoms with Gasteiger partial charge in [-0.15, -0.1) is 0 Å². The molecule has 1 aliphatic rings. The number of pyridine rings is 1. The summed E-state index contributed by atoms with van der Waals surface area (Å²) in [6.07, 6.45) is 0. The number of fused-ring (bicyclic) bond motifs is 3. The maximum Gasteiger partial charge on any atom is 0.256 e. The van der Waals surface area contributed by atoms with Crippen LogP contribution in [0.3, 0.4) is 0 Å². The normalized spacial score (nSPS) is 15.0. The lowest BCUT2D eigenvalue weighted by Crippen LogP contribution is -2.37. The summed E-state index contributed by atoms with van der Waals surface area (Å²) in [5.74, 6) is -2.86. The molecule has 0 fully saturated rings. The van der Waals surface area contributed by atoms with E-state index >= 15 is 0 Å². The van der Waals surface area contributed by atoms with Crippen LogP contribution in [-0.4, -0.2) is 29.4 Å². The van der Waals surface area contributed by atoms with Crippen LogP contribution in [0.2, 0.25) is 0 Å². The Morgan fingerprint density at radius 1 is 1.00 bits per heavy atom. The molecule has 1 aromatic heterocycles. The number of rotatable bonds is 4. The number of aromatic amines is 1. The fourth-order valence-corrected chi connectivity index (χ4v) is 4.26. The van der Waals surface area contributed by atoms with Crippen molar-refractivity contribution in [3.8, 4) is 11.5 Å². The summed E-state index contributed by atoms with van der Waals surface area (Å²) in [6.45, 7) is 0.0745. The van der Waals surface area contributed by atoms with Crippen LogP contribution in [0.5, 0.6) is 11.5 Å². The number of H-pyrrole nitrogens is 1. The molecule has 4 aromatic rings. The molecule has 2 heterocycles. The standard InChI is InChI=1S/C26H19F3N2O4/c1-31(26(33)14-7-15(27)9-17(8-14)35-16-5-3-2-4-6-16)23-13-34-12-22-24(23)18-10-20(28)21(29)11-19(18)25(32)30-22/h2-11,23H,12-13H2,1H3,(H,30,32)/t23-/m0/s1. The molecule has 0 spiro atoms. The van der Waals surface area contributed by atoms with Crippen LogP contribution in [0.15, 0.2) is 65.5 Å². The third kappa shape index (κ3) is 4.26. The number of benzene rings is 3. The van der Waals surface area contributed by atoms with Gasteiger partial charge in [0.05, 0.1) is 24.6 Å². The van der Waals surface area contributed by atoms with E-state index in [-0.39, 0.29) is 35.3 Å². The van der Waals surface area contributed by atoms with E-state index in [4.69, 9.17) is 9.47 Å². The molecule has 1 atom stereocenters. The average molecular weight is 480 g/mol. The molecule has 0 saturated carbocycles. The summed E-state index contributed by atoms with van der Waals surface area (Å²) in [7, 11) is 1.49. The van der Waals surface area contributed by atoms with Crippen LogP contribution in [0.1, 0.15) is 27.7 Å². The molecule has 5 rings (SSSR count). The maximum absolute atomic E-state index is 14.4. The number of carbonyl (C=O) groups excluding carboxylic acids is 1. The van der Waals surface area contributed by atoms with Gasteiger partial charge in [0.25, 0.3) is 11.5 Å². The van der Waals surface area contributed by atoms with Gasteiger partial charge in [0, 0.05) is 29.9 Å². The average Bonchev–Trinajstić information content (AvgIpc) is 2.84. The smallest absolute Gasteiger partial charge is 0.256 e. The summed E-state index contributed by atoms with van der Waals surface area (Å²) in [5.41, 5.74) is 0.231. The van der Waals surface area contributed by atoms with Crippen LogP contribution in [-0.2, 0) is 11.3 Å². The topological polar surface area (TPSA) is 71.6 Å². The molecule has 1 amide bonds. The maximum atomic E-state index is 14.4. The van der Waals surface area contributed by atoms with Gasteiger partial charge in [-0.25, -0.2) is 13.2 Å². The first kappa shape index (κ1) is 22.7. The Bertz CT molecular complexity index is 1500. The zero-order chi connectivity index (χ0) is 24.7. The number of halogens is 3. The van der Waals surface area contributed by atoms with Crippen molar-refractivity contribution in [3.63, 3.8) is 0 Å². The monoisotopic (exact) mass is 480 g/mol. The van der Waals surface area contributed by atoms with Crippen molar-refractivity contribution in [2.75, 3.05) is 13.7 Å². The molecule has 9 heteroatoms. The number of likely N-dealkylation sites (N-methyl/N-ethyl adjacent to an activating group) is 1. The van der Waals surface area contributed by atoms with E-state index in [9.17, 15) is 22.8 Å². The zero-order valence-electron chi connectivity index (χ0n) is 18.5. The van der Waals surface area contributed by atoms with E-state index in [0.717, 1.165) is 18.2 Å². The molecular weight excluding hydrogens is 461 g/mol. The van der Waals surface area contributed by atoms with Gasteiger partial charge in [-0.05, 0) is 41.8 Å². The SMILES string of the molecule is CN(C(=O)c1cc(F)cc(Oc2ccccc2)c1)[C@H]1COCc2[nH]c(=O)c3cc(F)c(F)cc3c21. The van der Waals surface area contributed by atoms with Gasteiger partial charge in [0.2, 0.25) is 0 Å². The summed E-state index contributed by atoms with van der Waals surface area (Å²) in [4.78, 5) is 29.8. The second-order valence-corrected chi connectivity index (χ2v) is 8.20. The Labute approximate surface area is 197 Å². The number of nitrogens with zero attached hydrogens (tertiary/aromatic N) is 1. The molecule has 0 unspecified atom stereocenters. The van der Waals surface area contributed by atoms with Crippen LogP contribution in [0, 0.1) is 17.5 Å². The Morgan fingerprint density at radius 2 is 1.71 bits per heavy atom.